The van der Waals surface area contributed by atoms with Gasteiger partial charge in [-0.1, -0.05) is 42.5 Å². The van der Waals surface area contributed by atoms with Crippen molar-refractivity contribution < 1.29 is 9.18 Å². The van der Waals surface area contributed by atoms with Crippen molar-refractivity contribution in [2.75, 3.05) is 6.54 Å². The molecule has 3 aromatic rings. The van der Waals surface area contributed by atoms with Crippen LogP contribution in [0.3, 0.4) is 0 Å². The number of carbonyl (C=O) groups is 1. The minimum Gasteiger partial charge on any atom is -0.336 e. The summed E-state index contributed by atoms with van der Waals surface area (Å²) in [5.74, 6) is 0.0675. The van der Waals surface area contributed by atoms with E-state index in [9.17, 15) is 9.18 Å². The second-order valence-corrected chi connectivity index (χ2v) is 7.01. The zero-order valence-corrected chi connectivity index (χ0v) is 14.7. The van der Waals surface area contributed by atoms with Crippen molar-refractivity contribution in [1.82, 2.24) is 9.88 Å². The fourth-order valence-electron chi connectivity index (χ4n) is 3.89. The van der Waals surface area contributed by atoms with Gasteiger partial charge in [0.2, 0.25) is 0 Å². The lowest BCUT2D eigenvalue weighted by atomic mass is 9.93. The first kappa shape index (κ1) is 16.7. The molecule has 2 aromatic carbocycles. The van der Waals surface area contributed by atoms with Crippen molar-refractivity contribution in [3.63, 3.8) is 0 Å². The Hall–Kier alpha value is -2.75. The summed E-state index contributed by atoms with van der Waals surface area (Å²) in [7, 11) is 0. The van der Waals surface area contributed by atoms with Gasteiger partial charge in [-0.15, -0.1) is 0 Å². The van der Waals surface area contributed by atoms with E-state index >= 15 is 0 Å². The second-order valence-electron chi connectivity index (χ2n) is 7.01. The number of hydrogen-bond acceptors (Lipinski definition) is 2. The number of pyridine rings is 1. The van der Waals surface area contributed by atoms with Crippen molar-refractivity contribution in [1.29, 1.82) is 0 Å². The molecule has 0 saturated carbocycles. The molecule has 2 unspecified atom stereocenters. The first-order chi connectivity index (χ1) is 12.6. The second kappa shape index (κ2) is 6.87. The maximum absolute atomic E-state index is 13.8. The number of nitrogens with zero attached hydrogens (tertiary/aromatic N) is 2. The molecule has 0 aliphatic carbocycles. The third-order valence-corrected chi connectivity index (χ3v) is 5.42. The Morgan fingerprint density at radius 3 is 2.81 bits per heavy atom. The first-order valence-corrected chi connectivity index (χ1v) is 9.02. The van der Waals surface area contributed by atoms with Gasteiger partial charge in [-0.2, -0.15) is 0 Å². The zero-order valence-electron chi connectivity index (χ0n) is 14.7. The van der Waals surface area contributed by atoms with Crippen LogP contribution in [0.2, 0.25) is 0 Å². The molecule has 1 aliphatic rings. The average Bonchev–Trinajstić information content (AvgIpc) is 3.02. The van der Waals surface area contributed by atoms with E-state index in [0.717, 1.165) is 19.4 Å². The highest BCUT2D eigenvalue weighted by atomic mass is 19.1. The van der Waals surface area contributed by atoms with Gasteiger partial charge in [0.15, 0.2) is 0 Å². The molecule has 1 aromatic heterocycles. The van der Waals surface area contributed by atoms with Crippen LogP contribution in [-0.4, -0.2) is 28.4 Å². The Bertz CT molecular complexity index is 941. The molecular weight excluding hydrogens is 327 g/mol. The van der Waals surface area contributed by atoms with E-state index in [2.05, 4.69) is 36.2 Å². The predicted octanol–water partition coefficient (Wildman–Crippen LogP) is 4.47. The molecule has 1 saturated heterocycles. The SMILES string of the molecule is CC1C(Cc2ccccc2)CCN1C(=O)c1cnc2c(F)cccc2c1. The van der Waals surface area contributed by atoms with Crippen LogP contribution in [0.15, 0.2) is 60.8 Å². The van der Waals surface area contributed by atoms with Crippen LogP contribution in [0.4, 0.5) is 4.39 Å². The van der Waals surface area contributed by atoms with Crippen molar-refractivity contribution in [2.24, 2.45) is 5.92 Å². The van der Waals surface area contributed by atoms with E-state index < -0.39 is 0 Å². The van der Waals surface area contributed by atoms with Crippen LogP contribution in [0.5, 0.6) is 0 Å². The average molecular weight is 348 g/mol. The first-order valence-electron chi connectivity index (χ1n) is 9.02. The minimum atomic E-state index is -0.362. The monoisotopic (exact) mass is 348 g/mol. The van der Waals surface area contributed by atoms with Crippen molar-refractivity contribution in [3.05, 3.63) is 77.7 Å². The van der Waals surface area contributed by atoms with E-state index in [-0.39, 0.29) is 17.8 Å². The van der Waals surface area contributed by atoms with Gasteiger partial charge in [0.1, 0.15) is 11.3 Å². The normalized spacial score (nSPS) is 19.8. The standard InChI is InChI=1S/C22H21FN2O/c1-15-17(12-16-6-3-2-4-7-16)10-11-25(15)22(26)19-13-18-8-5-9-20(23)21(18)24-14-19/h2-9,13-15,17H,10-12H2,1H3. The molecule has 3 nitrogen and oxygen atoms in total. The van der Waals surface area contributed by atoms with Crippen molar-refractivity contribution in [3.8, 4) is 0 Å². The van der Waals surface area contributed by atoms with Gasteiger partial charge in [-0.05, 0) is 43.4 Å². The van der Waals surface area contributed by atoms with E-state index in [1.54, 1.807) is 18.2 Å². The lowest BCUT2D eigenvalue weighted by molar-refractivity contribution is 0.0732. The summed E-state index contributed by atoms with van der Waals surface area (Å²) in [6.45, 7) is 2.87. The summed E-state index contributed by atoms with van der Waals surface area (Å²) in [4.78, 5) is 19.1. The third-order valence-electron chi connectivity index (χ3n) is 5.42. The van der Waals surface area contributed by atoms with Gasteiger partial charge in [0.25, 0.3) is 5.91 Å². The Kier molecular flexibility index (Phi) is 4.41. The summed E-state index contributed by atoms with van der Waals surface area (Å²) < 4.78 is 13.8. The van der Waals surface area contributed by atoms with Crippen LogP contribution >= 0.6 is 0 Å². The maximum Gasteiger partial charge on any atom is 0.255 e. The fourth-order valence-corrected chi connectivity index (χ4v) is 3.89. The topological polar surface area (TPSA) is 33.2 Å². The Balaban J connectivity index is 1.53. The molecule has 1 fully saturated rings. The summed E-state index contributed by atoms with van der Waals surface area (Å²) in [6.07, 6.45) is 3.47. The molecule has 4 heteroatoms. The lowest BCUT2D eigenvalue weighted by Crippen LogP contribution is -2.36. The number of benzene rings is 2. The van der Waals surface area contributed by atoms with Crippen LogP contribution in [0, 0.1) is 11.7 Å². The highest BCUT2D eigenvalue weighted by Crippen LogP contribution is 2.29. The van der Waals surface area contributed by atoms with Crippen LogP contribution in [0.1, 0.15) is 29.3 Å². The zero-order chi connectivity index (χ0) is 18.1. The predicted molar refractivity (Wildman–Crippen MR) is 100 cm³/mol. The summed E-state index contributed by atoms with van der Waals surface area (Å²) in [5.41, 5.74) is 2.14. The van der Waals surface area contributed by atoms with E-state index in [4.69, 9.17) is 0 Å². The lowest BCUT2D eigenvalue weighted by Gasteiger charge is -2.25. The number of fused-ring (bicyclic) bond motifs is 1. The van der Waals surface area contributed by atoms with Crippen LogP contribution < -0.4 is 0 Å². The molecule has 132 valence electrons. The highest BCUT2D eigenvalue weighted by molar-refractivity contribution is 5.97. The van der Waals surface area contributed by atoms with E-state index in [1.807, 2.05) is 11.0 Å². The van der Waals surface area contributed by atoms with Crippen molar-refractivity contribution >= 4 is 16.8 Å². The van der Waals surface area contributed by atoms with E-state index in [1.165, 1.54) is 17.8 Å². The third kappa shape index (κ3) is 3.07. The van der Waals surface area contributed by atoms with Crippen LogP contribution in [-0.2, 0) is 6.42 Å². The quantitative estimate of drug-likeness (QED) is 0.700. The molecule has 1 aliphatic heterocycles. The number of likely N-dealkylation sites (tertiary alicyclic amines) is 1. The number of halogens is 1. The molecule has 0 N–H and O–H groups in total. The Morgan fingerprint density at radius 1 is 1.19 bits per heavy atom. The molecule has 0 radical (unpaired) electrons. The number of carbonyl (C=O) groups excluding carboxylic acids is 1. The number of para-hydroxylation sites is 1. The fraction of sp³-hybridized carbons (Fsp3) is 0.273. The molecule has 4 rings (SSSR count). The Labute approximate surface area is 152 Å². The van der Waals surface area contributed by atoms with Gasteiger partial charge >= 0.3 is 0 Å². The molecule has 0 spiro atoms. The maximum atomic E-state index is 13.8. The van der Waals surface area contributed by atoms with Crippen molar-refractivity contribution in [2.45, 2.75) is 25.8 Å². The highest BCUT2D eigenvalue weighted by Gasteiger charge is 2.34. The van der Waals surface area contributed by atoms with Gasteiger partial charge in [0, 0.05) is 24.2 Å². The molecule has 1 amide bonds. The number of rotatable bonds is 3. The molecular formula is C22H21FN2O. The van der Waals surface area contributed by atoms with Crippen LogP contribution in [0.25, 0.3) is 10.9 Å². The number of amides is 1. The molecule has 0 bridgehead atoms. The van der Waals surface area contributed by atoms with Gasteiger partial charge in [-0.25, -0.2) is 4.39 Å². The van der Waals surface area contributed by atoms with Gasteiger partial charge < -0.3 is 4.90 Å². The smallest absolute Gasteiger partial charge is 0.255 e. The molecule has 2 heterocycles. The van der Waals surface area contributed by atoms with Gasteiger partial charge in [0.05, 0.1) is 5.56 Å². The largest absolute Gasteiger partial charge is 0.336 e. The summed E-state index contributed by atoms with van der Waals surface area (Å²) >= 11 is 0. The van der Waals surface area contributed by atoms with E-state index in [0.29, 0.717) is 22.4 Å². The summed E-state index contributed by atoms with van der Waals surface area (Å²) in [5, 5.41) is 0.656. The summed E-state index contributed by atoms with van der Waals surface area (Å²) in [6, 6.07) is 17.1. The van der Waals surface area contributed by atoms with Gasteiger partial charge in [-0.3, -0.25) is 9.78 Å². The Morgan fingerprint density at radius 2 is 2.00 bits per heavy atom. The number of aromatic nitrogens is 1. The number of hydrogen-bond donors (Lipinski definition) is 0. The molecule has 26 heavy (non-hydrogen) atoms. The molecule has 2 atom stereocenters. The minimum absolute atomic E-state index is 0.0216.